The van der Waals surface area contributed by atoms with E-state index >= 15 is 0 Å². The van der Waals surface area contributed by atoms with Crippen molar-refractivity contribution in [2.45, 2.75) is 37.1 Å². The van der Waals surface area contributed by atoms with Gasteiger partial charge in [0.05, 0.1) is 49.9 Å². The number of fused-ring (bicyclic) bond motifs is 1. The molecule has 0 radical (unpaired) electrons. The Morgan fingerprint density at radius 2 is 1.97 bits per heavy atom. The molecule has 1 aliphatic heterocycles. The van der Waals surface area contributed by atoms with E-state index in [1.807, 2.05) is 24.3 Å². The summed E-state index contributed by atoms with van der Waals surface area (Å²) in [6, 6.07) is 12.3. The second-order valence-electron chi connectivity index (χ2n) is 7.89. The molecular weight excluding hydrogens is 456 g/mol. The van der Waals surface area contributed by atoms with E-state index in [9.17, 15) is 9.59 Å². The fourth-order valence-electron chi connectivity index (χ4n) is 3.79. The lowest BCUT2D eigenvalue weighted by Crippen LogP contribution is -2.29. The number of hydrogen-bond acceptors (Lipinski definition) is 8. The van der Waals surface area contributed by atoms with E-state index in [0.29, 0.717) is 41.4 Å². The van der Waals surface area contributed by atoms with E-state index in [-0.39, 0.29) is 11.7 Å². The molecule has 34 heavy (non-hydrogen) atoms. The van der Waals surface area contributed by atoms with E-state index < -0.39 is 5.97 Å². The Morgan fingerprint density at radius 3 is 2.68 bits per heavy atom. The van der Waals surface area contributed by atoms with Crippen molar-refractivity contribution < 1.29 is 23.7 Å². The number of thioether (sulfide) groups is 1. The van der Waals surface area contributed by atoms with Gasteiger partial charge in [0.15, 0.2) is 5.16 Å². The minimum absolute atomic E-state index is 0.00375. The Morgan fingerprint density at radius 1 is 1.18 bits per heavy atom. The number of ether oxygens (including phenoxy) is 4. The minimum atomic E-state index is -0.461. The Hall–Kier alpha value is -3.04. The molecule has 0 amide bonds. The summed E-state index contributed by atoms with van der Waals surface area (Å²) >= 11 is 1.50. The van der Waals surface area contributed by atoms with Crippen LogP contribution in [0.4, 0.5) is 0 Å². The summed E-state index contributed by atoms with van der Waals surface area (Å²) in [7, 11) is 2.96. The molecule has 1 aromatic heterocycles. The van der Waals surface area contributed by atoms with Gasteiger partial charge in [0.25, 0.3) is 5.56 Å². The molecular formula is C25H28N2O6S. The predicted molar refractivity (Wildman–Crippen MR) is 130 cm³/mol. The lowest BCUT2D eigenvalue weighted by Gasteiger charge is -2.16. The zero-order valence-electron chi connectivity index (χ0n) is 19.3. The number of rotatable bonds is 10. The van der Waals surface area contributed by atoms with Gasteiger partial charge in [0.1, 0.15) is 11.5 Å². The van der Waals surface area contributed by atoms with E-state index in [4.69, 9.17) is 23.9 Å². The number of hydrogen-bond donors (Lipinski definition) is 0. The maximum atomic E-state index is 13.3. The van der Waals surface area contributed by atoms with Crippen molar-refractivity contribution in [3.05, 3.63) is 58.4 Å². The summed E-state index contributed by atoms with van der Waals surface area (Å²) in [5, 5.41) is 1.08. The summed E-state index contributed by atoms with van der Waals surface area (Å²) in [6.07, 6.45) is 2.69. The van der Waals surface area contributed by atoms with Crippen LogP contribution in [-0.4, -0.2) is 54.8 Å². The highest BCUT2D eigenvalue weighted by Gasteiger charge is 2.21. The van der Waals surface area contributed by atoms with Gasteiger partial charge in [0, 0.05) is 12.4 Å². The minimum Gasteiger partial charge on any atom is -0.497 e. The fourth-order valence-corrected chi connectivity index (χ4v) is 4.71. The monoisotopic (exact) mass is 484 g/mol. The fraction of sp³-hybridized carbons (Fsp3) is 0.400. The third-order valence-electron chi connectivity index (χ3n) is 5.60. The molecule has 1 atom stereocenters. The molecule has 0 saturated carbocycles. The maximum absolute atomic E-state index is 13.3. The Labute approximate surface area is 202 Å². The Balaban J connectivity index is 1.49. The summed E-state index contributed by atoms with van der Waals surface area (Å²) in [6.45, 7) is 1.72. The van der Waals surface area contributed by atoms with Gasteiger partial charge in [-0.3, -0.25) is 9.36 Å². The third-order valence-corrected chi connectivity index (χ3v) is 6.66. The van der Waals surface area contributed by atoms with Crippen molar-refractivity contribution in [3.63, 3.8) is 0 Å². The van der Waals surface area contributed by atoms with E-state index in [2.05, 4.69) is 0 Å². The van der Waals surface area contributed by atoms with Crippen molar-refractivity contribution in [1.82, 2.24) is 9.55 Å². The van der Waals surface area contributed by atoms with E-state index in [1.54, 1.807) is 29.9 Å². The molecule has 0 aliphatic carbocycles. The molecule has 1 saturated heterocycles. The van der Waals surface area contributed by atoms with Gasteiger partial charge < -0.3 is 18.9 Å². The van der Waals surface area contributed by atoms with Crippen molar-refractivity contribution in [2.75, 3.05) is 33.2 Å². The third kappa shape index (κ3) is 5.71. The molecule has 9 heteroatoms. The first kappa shape index (κ1) is 24.1. The summed E-state index contributed by atoms with van der Waals surface area (Å²) in [5.74, 6) is 1.82. The number of nitrogens with zero attached hydrogens (tertiary/aromatic N) is 2. The number of aromatic nitrogens is 2. The van der Waals surface area contributed by atoms with Crippen molar-refractivity contribution >= 4 is 28.6 Å². The molecule has 1 aliphatic rings. The molecule has 2 heterocycles. The van der Waals surface area contributed by atoms with Gasteiger partial charge in [-0.25, -0.2) is 9.78 Å². The van der Waals surface area contributed by atoms with Gasteiger partial charge in [-0.2, -0.15) is 0 Å². The molecule has 8 nitrogen and oxygen atoms in total. The SMILES string of the molecule is COC(=O)c1ccc2c(=O)n(C[C@H]3CCCO3)c(SCCCOc3ccc(OC)cc3)nc2c1. The maximum Gasteiger partial charge on any atom is 0.337 e. The number of benzene rings is 2. The molecule has 0 bridgehead atoms. The van der Waals surface area contributed by atoms with Gasteiger partial charge >= 0.3 is 5.97 Å². The van der Waals surface area contributed by atoms with E-state index in [0.717, 1.165) is 36.5 Å². The molecule has 0 N–H and O–H groups in total. The molecule has 1 fully saturated rings. The number of carbonyl (C=O) groups is 1. The summed E-state index contributed by atoms with van der Waals surface area (Å²) in [4.78, 5) is 30.0. The van der Waals surface area contributed by atoms with Crippen LogP contribution in [0.1, 0.15) is 29.6 Å². The van der Waals surface area contributed by atoms with Gasteiger partial charge in [-0.15, -0.1) is 0 Å². The highest BCUT2D eigenvalue weighted by atomic mass is 32.2. The van der Waals surface area contributed by atoms with Crippen molar-refractivity contribution in [2.24, 2.45) is 0 Å². The first-order valence-electron chi connectivity index (χ1n) is 11.2. The van der Waals surface area contributed by atoms with Gasteiger partial charge in [0.2, 0.25) is 0 Å². The smallest absolute Gasteiger partial charge is 0.337 e. The molecule has 0 unspecified atom stereocenters. The van der Waals surface area contributed by atoms with Crippen LogP contribution in [0.25, 0.3) is 10.9 Å². The van der Waals surface area contributed by atoms with Gasteiger partial charge in [-0.1, -0.05) is 11.8 Å². The van der Waals surface area contributed by atoms with E-state index in [1.165, 1.54) is 18.9 Å². The number of methoxy groups -OCH3 is 2. The van der Waals surface area contributed by atoms with Crippen LogP contribution < -0.4 is 15.0 Å². The van der Waals surface area contributed by atoms with Crippen LogP contribution in [0.5, 0.6) is 11.5 Å². The van der Waals surface area contributed by atoms with Gasteiger partial charge in [-0.05, 0) is 61.7 Å². The predicted octanol–water partition coefficient (Wildman–Crippen LogP) is 3.93. The van der Waals surface area contributed by atoms with Crippen LogP contribution >= 0.6 is 11.8 Å². The van der Waals surface area contributed by atoms with Crippen molar-refractivity contribution in [1.29, 1.82) is 0 Å². The first-order chi connectivity index (χ1) is 16.6. The summed E-state index contributed by atoms with van der Waals surface area (Å²) in [5.41, 5.74) is 0.713. The second kappa shape index (κ2) is 11.4. The van der Waals surface area contributed by atoms with Crippen LogP contribution in [0.3, 0.4) is 0 Å². The number of esters is 1. The molecule has 0 spiro atoms. The van der Waals surface area contributed by atoms with Crippen LogP contribution in [-0.2, 0) is 16.0 Å². The van der Waals surface area contributed by atoms with Crippen molar-refractivity contribution in [3.8, 4) is 11.5 Å². The standard InChI is InChI=1S/C25H28N2O6S/c1-30-18-7-9-19(10-8-18)32-13-4-14-34-25-26-22-15-17(24(29)31-2)6-11-21(22)23(28)27(25)16-20-5-3-12-33-20/h6-11,15,20H,3-5,12-14,16H2,1-2H3/t20-/m1/s1. The zero-order valence-corrected chi connectivity index (χ0v) is 20.1. The Bertz CT molecular complexity index is 1190. The van der Waals surface area contributed by atoms with Crippen LogP contribution in [0.2, 0.25) is 0 Å². The normalized spacial score (nSPS) is 15.4. The second-order valence-corrected chi connectivity index (χ2v) is 8.96. The van der Waals surface area contributed by atoms with Crippen LogP contribution in [0.15, 0.2) is 52.4 Å². The molecule has 180 valence electrons. The lowest BCUT2D eigenvalue weighted by atomic mass is 10.1. The molecule has 4 rings (SSSR count). The van der Waals surface area contributed by atoms with Crippen LogP contribution in [0, 0.1) is 0 Å². The molecule has 2 aromatic carbocycles. The lowest BCUT2D eigenvalue weighted by molar-refractivity contribution is 0.0601. The Kier molecular flexibility index (Phi) is 8.08. The largest absolute Gasteiger partial charge is 0.497 e. The molecule has 3 aromatic rings. The first-order valence-corrected chi connectivity index (χ1v) is 12.2. The topological polar surface area (TPSA) is 88.9 Å². The summed E-state index contributed by atoms with van der Waals surface area (Å²) < 4.78 is 23.2. The number of carbonyl (C=O) groups excluding carboxylic acids is 1. The highest BCUT2D eigenvalue weighted by molar-refractivity contribution is 7.99. The quantitative estimate of drug-likeness (QED) is 0.185. The highest BCUT2D eigenvalue weighted by Crippen LogP contribution is 2.23. The zero-order chi connectivity index (χ0) is 23.9. The average molecular weight is 485 g/mol. The average Bonchev–Trinajstić information content (AvgIpc) is 3.39.